The van der Waals surface area contributed by atoms with Gasteiger partial charge < -0.3 is 5.32 Å². The van der Waals surface area contributed by atoms with E-state index in [-0.39, 0.29) is 32.3 Å². The van der Waals surface area contributed by atoms with Crippen molar-refractivity contribution >= 4 is 63.0 Å². The van der Waals surface area contributed by atoms with E-state index >= 15 is 0 Å². The van der Waals surface area contributed by atoms with Crippen molar-refractivity contribution in [3.63, 3.8) is 0 Å². The lowest BCUT2D eigenvalue weighted by Gasteiger charge is -2.09. The van der Waals surface area contributed by atoms with E-state index in [2.05, 4.69) is 21.2 Å². The molecule has 0 saturated heterocycles. The smallest absolute Gasteiger partial charge is 0.261 e. The highest BCUT2D eigenvalue weighted by Gasteiger charge is 2.19. The molecule has 0 heterocycles. The summed E-state index contributed by atoms with van der Waals surface area (Å²) < 4.78 is 44.7. The molecule has 1 rings (SSSR count). The summed E-state index contributed by atoms with van der Waals surface area (Å²) >= 11 is 8.94. The highest BCUT2D eigenvalue weighted by molar-refractivity contribution is 9.10. The molecule has 21 heavy (non-hydrogen) atoms. The number of nitrogens with one attached hydrogen (secondary N) is 1. The molecule has 1 aromatic rings. The molecular weight excluding hydrogens is 429 g/mol. The lowest BCUT2D eigenvalue weighted by molar-refractivity contribution is 0.0956. The lowest BCUT2D eigenvalue weighted by atomic mass is 10.2. The number of hydrogen-bond acceptors (Lipinski definition) is 5. The van der Waals surface area contributed by atoms with Gasteiger partial charge in [0, 0.05) is 28.0 Å². The Kier molecular flexibility index (Phi) is 6.08. The second-order valence-electron chi connectivity index (χ2n) is 4.09. The number of rotatable bonds is 5. The van der Waals surface area contributed by atoms with Gasteiger partial charge in [0.25, 0.3) is 15.0 Å². The molecule has 1 N–H and O–H groups in total. The van der Waals surface area contributed by atoms with E-state index in [4.69, 9.17) is 22.3 Å². The van der Waals surface area contributed by atoms with Crippen molar-refractivity contribution < 1.29 is 21.6 Å². The highest BCUT2D eigenvalue weighted by Crippen LogP contribution is 2.31. The van der Waals surface area contributed by atoms with Crippen LogP contribution in [0.3, 0.4) is 0 Å². The molecule has 0 bridgehead atoms. The molecule has 0 radical (unpaired) electrons. The Bertz CT molecular complexity index is 777. The first-order valence-electron chi connectivity index (χ1n) is 5.31. The Morgan fingerprint density at radius 3 is 2.33 bits per heavy atom. The molecular formula is C10H10BrCl2NO5S2. The van der Waals surface area contributed by atoms with Crippen molar-refractivity contribution in [3.05, 3.63) is 27.2 Å². The third-order valence-corrected chi connectivity index (χ3v) is 5.83. The minimum absolute atomic E-state index is 0.00378. The first kappa shape index (κ1) is 18.7. The topological polar surface area (TPSA) is 97.4 Å². The average molecular weight is 439 g/mol. The fourth-order valence-corrected chi connectivity index (χ4v) is 3.38. The number of carbonyl (C=O) groups is 1. The third kappa shape index (κ3) is 5.74. The number of benzene rings is 1. The van der Waals surface area contributed by atoms with Crippen molar-refractivity contribution in [3.8, 4) is 0 Å². The number of hydrogen-bond donors (Lipinski definition) is 1. The number of halogens is 3. The standard InChI is InChI=1S/C10H10BrCl2NO5S2/c1-20(16,17)3-2-14-10(15)7-4-6(21(13,18)19)5-8(11)9(7)12/h4-5H,2-3H2,1H3,(H,14,15). The van der Waals surface area contributed by atoms with Gasteiger partial charge in [-0.2, -0.15) is 0 Å². The number of amides is 1. The van der Waals surface area contributed by atoms with Gasteiger partial charge in [-0.25, -0.2) is 16.8 Å². The molecule has 118 valence electrons. The van der Waals surface area contributed by atoms with Gasteiger partial charge in [0.2, 0.25) is 0 Å². The van der Waals surface area contributed by atoms with E-state index in [1.807, 2.05) is 0 Å². The van der Waals surface area contributed by atoms with Crippen LogP contribution in [0, 0.1) is 0 Å². The van der Waals surface area contributed by atoms with E-state index in [9.17, 15) is 21.6 Å². The number of sulfone groups is 1. The Balaban J connectivity index is 3.07. The van der Waals surface area contributed by atoms with Crippen molar-refractivity contribution in [1.82, 2.24) is 5.32 Å². The van der Waals surface area contributed by atoms with Gasteiger partial charge in [0.15, 0.2) is 0 Å². The summed E-state index contributed by atoms with van der Waals surface area (Å²) in [6.45, 7) is -0.122. The van der Waals surface area contributed by atoms with E-state index < -0.39 is 24.8 Å². The van der Waals surface area contributed by atoms with Crippen LogP contribution in [0.1, 0.15) is 10.4 Å². The van der Waals surface area contributed by atoms with Crippen LogP contribution in [0.2, 0.25) is 5.02 Å². The highest BCUT2D eigenvalue weighted by atomic mass is 79.9. The maximum atomic E-state index is 11.9. The summed E-state index contributed by atoms with van der Waals surface area (Å²) in [7, 11) is -2.04. The van der Waals surface area contributed by atoms with Crippen molar-refractivity contribution in [2.45, 2.75) is 4.90 Å². The summed E-state index contributed by atoms with van der Waals surface area (Å²) in [5.74, 6) is -0.947. The van der Waals surface area contributed by atoms with Crippen molar-refractivity contribution in [2.75, 3.05) is 18.6 Å². The van der Waals surface area contributed by atoms with Crippen LogP contribution in [0.4, 0.5) is 0 Å². The van der Waals surface area contributed by atoms with Gasteiger partial charge >= 0.3 is 0 Å². The predicted molar refractivity (Wildman–Crippen MR) is 84.2 cm³/mol. The summed E-state index contributed by atoms with van der Waals surface area (Å²) in [5.41, 5.74) is -0.126. The zero-order chi connectivity index (χ0) is 16.4. The van der Waals surface area contributed by atoms with Crippen molar-refractivity contribution in [1.29, 1.82) is 0 Å². The van der Waals surface area contributed by atoms with E-state index in [0.717, 1.165) is 18.4 Å². The Morgan fingerprint density at radius 1 is 1.29 bits per heavy atom. The summed E-state index contributed by atoms with van der Waals surface area (Å²) in [5, 5.41) is 2.34. The molecule has 0 aliphatic carbocycles. The Labute approximate surface area is 140 Å². The van der Waals surface area contributed by atoms with E-state index in [1.54, 1.807) is 0 Å². The zero-order valence-corrected chi connectivity index (χ0v) is 15.3. The minimum Gasteiger partial charge on any atom is -0.351 e. The van der Waals surface area contributed by atoms with Gasteiger partial charge in [0.05, 0.1) is 21.2 Å². The fourth-order valence-electron chi connectivity index (χ4n) is 1.32. The SMILES string of the molecule is CS(=O)(=O)CCNC(=O)c1cc(S(=O)(=O)Cl)cc(Br)c1Cl. The maximum absolute atomic E-state index is 11.9. The maximum Gasteiger partial charge on any atom is 0.261 e. The molecule has 0 atom stereocenters. The van der Waals surface area contributed by atoms with Gasteiger partial charge in [-0.05, 0) is 28.1 Å². The lowest BCUT2D eigenvalue weighted by Crippen LogP contribution is -2.29. The molecule has 0 fully saturated rings. The molecule has 0 aromatic heterocycles. The molecule has 11 heteroatoms. The van der Waals surface area contributed by atoms with E-state index in [0.29, 0.717) is 0 Å². The van der Waals surface area contributed by atoms with Gasteiger partial charge in [-0.15, -0.1) is 0 Å². The summed E-state index contributed by atoms with van der Waals surface area (Å²) in [6.07, 6.45) is 1.03. The molecule has 0 spiro atoms. The van der Waals surface area contributed by atoms with Crippen LogP contribution in [-0.4, -0.2) is 41.3 Å². The molecule has 0 unspecified atom stereocenters. The number of carbonyl (C=O) groups excluding carboxylic acids is 1. The molecule has 0 aliphatic rings. The minimum atomic E-state index is -4.03. The molecule has 1 amide bonds. The third-order valence-electron chi connectivity index (χ3n) is 2.29. The van der Waals surface area contributed by atoms with Crippen LogP contribution < -0.4 is 5.32 Å². The largest absolute Gasteiger partial charge is 0.351 e. The fraction of sp³-hybridized carbons (Fsp3) is 0.300. The Morgan fingerprint density at radius 2 is 1.86 bits per heavy atom. The van der Waals surface area contributed by atoms with Crippen LogP contribution in [-0.2, 0) is 18.9 Å². The second-order valence-corrected chi connectivity index (χ2v) is 10.1. The monoisotopic (exact) mass is 437 g/mol. The van der Waals surface area contributed by atoms with Crippen molar-refractivity contribution in [2.24, 2.45) is 0 Å². The molecule has 0 saturated carbocycles. The molecule has 1 aromatic carbocycles. The van der Waals surface area contributed by atoms with Crippen LogP contribution >= 0.6 is 38.2 Å². The Hall–Kier alpha value is -0.350. The van der Waals surface area contributed by atoms with Crippen LogP contribution in [0.25, 0.3) is 0 Å². The first-order valence-corrected chi connectivity index (χ1v) is 10.9. The van der Waals surface area contributed by atoms with Gasteiger partial charge in [-0.1, -0.05) is 11.6 Å². The van der Waals surface area contributed by atoms with Crippen LogP contribution in [0.15, 0.2) is 21.5 Å². The summed E-state index contributed by atoms with van der Waals surface area (Å²) in [4.78, 5) is 11.6. The first-order chi connectivity index (χ1) is 9.42. The van der Waals surface area contributed by atoms with E-state index in [1.165, 1.54) is 0 Å². The average Bonchev–Trinajstić information content (AvgIpc) is 2.29. The quantitative estimate of drug-likeness (QED) is 0.707. The molecule has 0 aliphatic heterocycles. The normalized spacial score (nSPS) is 12.2. The van der Waals surface area contributed by atoms with Gasteiger partial charge in [-0.3, -0.25) is 4.79 Å². The summed E-state index contributed by atoms with van der Waals surface area (Å²) in [6, 6.07) is 2.18. The second kappa shape index (κ2) is 6.82. The van der Waals surface area contributed by atoms with Gasteiger partial charge in [0.1, 0.15) is 9.84 Å². The zero-order valence-electron chi connectivity index (χ0n) is 10.6. The van der Waals surface area contributed by atoms with Crippen LogP contribution in [0.5, 0.6) is 0 Å². The molecule has 6 nitrogen and oxygen atoms in total. The predicted octanol–water partition coefficient (Wildman–Crippen LogP) is 1.80.